The van der Waals surface area contributed by atoms with Crippen LogP contribution in [-0.2, 0) is 4.79 Å². The Bertz CT molecular complexity index is 178. The normalized spacial score (nSPS) is 43.2. The molecule has 2 heteroatoms. The maximum absolute atomic E-state index is 10.6. The van der Waals surface area contributed by atoms with Gasteiger partial charge in [0.15, 0.2) is 0 Å². The summed E-state index contributed by atoms with van der Waals surface area (Å²) in [4.78, 5) is 10.6. The maximum atomic E-state index is 10.6. The summed E-state index contributed by atoms with van der Waals surface area (Å²) in [6, 6.07) is 0. The molecule has 11 heavy (non-hydrogen) atoms. The molecule has 0 saturated heterocycles. The fraction of sp³-hybridized carbons (Fsp3) is 0.889. The van der Waals surface area contributed by atoms with Crippen LogP contribution in [0.2, 0.25) is 0 Å². The van der Waals surface area contributed by atoms with Crippen LogP contribution < -0.4 is 0 Å². The van der Waals surface area contributed by atoms with Crippen LogP contribution in [0.15, 0.2) is 0 Å². The van der Waals surface area contributed by atoms with Crippen molar-refractivity contribution in [3.8, 4) is 0 Å². The van der Waals surface area contributed by atoms with E-state index in [1.54, 1.807) is 0 Å². The second kappa shape index (κ2) is 2.23. The zero-order valence-corrected chi connectivity index (χ0v) is 6.79. The first-order valence-corrected chi connectivity index (χ1v) is 4.41. The molecular weight excluding hydrogens is 140 g/mol. The first-order valence-electron chi connectivity index (χ1n) is 4.41. The molecule has 0 aromatic rings. The van der Waals surface area contributed by atoms with Crippen molar-refractivity contribution >= 4 is 5.97 Å². The SMILES string of the molecule is C[C@H](C(=O)O)C1CC2CC2C1. The minimum absolute atomic E-state index is 0.109. The molecule has 0 radical (unpaired) electrons. The fourth-order valence-electron chi connectivity index (χ4n) is 2.37. The zero-order chi connectivity index (χ0) is 8.01. The molecule has 0 aliphatic heterocycles. The summed E-state index contributed by atoms with van der Waals surface area (Å²) in [5, 5.41) is 8.74. The summed E-state index contributed by atoms with van der Waals surface area (Å²) in [6.45, 7) is 1.84. The summed E-state index contributed by atoms with van der Waals surface area (Å²) in [6.07, 6.45) is 3.74. The Morgan fingerprint density at radius 2 is 1.91 bits per heavy atom. The van der Waals surface area contributed by atoms with Crippen molar-refractivity contribution in [2.75, 3.05) is 0 Å². The van der Waals surface area contributed by atoms with Crippen molar-refractivity contribution in [1.29, 1.82) is 0 Å². The van der Waals surface area contributed by atoms with Gasteiger partial charge in [0.25, 0.3) is 0 Å². The Morgan fingerprint density at radius 3 is 2.36 bits per heavy atom. The smallest absolute Gasteiger partial charge is 0.306 e. The molecule has 3 atom stereocenters. The number of carbonyl (C=O) groups is 1. The van der Waals surface area contributed by atoms with Gasteiger partial charge in [-0.15, -0.1) is 0 Å². The van der Waals surface area contributed by atoms with E-state index in [0.717, 1.165) is 11.8 Å². The molecule has 2 unspecified atom stereocenters. The summed E-state index contributed by atoms with van der Waals surface area (Å²) in [5.41, 5.74) is 0. The Balaban J connectivity index is 1.91. The van der Waals surface area contributed by atoms with Crippen molar-refractivity contribution in [3.05, 3.63) is 0 Å². The number of aliphatic carboxylic acids is 1. The zero-order valence-electron chi connectivity index (χ0n) is 6.79. The van der Waals surface area contributed by atoms with Crippen LogP contribution in [-0.4, -0.2) is 11.1 Å². The lowest BCUT2D eigenvalue weighted by Crippen LogP contribution is -2.19. The first kappa shape index (κ1) is 7.14. The monoisotopic (exact) mass is 154 g/mol. The average molecular weight is 154 g/mol. The number of carboxylic acids is 1. The third kappa shape index (κ3) is 1.15. The number of fused-ring (bicyclic) bond motifs is 1. The van der Waals surface area contributed by atoms with Crippen LogP contribution in [0.4, 0.5) is 0 Å². The van der Waals surface area contributed by atoms with Gasteiger partial charge >= 0.3 is 5.97 Å². The number of hydrogen-bond donors (Lipinski definition) is 1. The third-order valence-electron chi connectivity index (χ3n) is 3.38. The van der Waals surface area contributed by atoms with Gasteiger partial charge in [-0.3, -0.25) is 4.79 Å². The van der Waals surface area contributed by atoms with E-state index in [1.165, 1.54) is 19.3 Å². The Kier molecular flexibility index (Phi) is 1.44. The molecule has 2 fully saturated rings. The van der Waals surface area contributed by atoms with E-state index in [0.29, 0.717) is 5.92 Å². The van der Waals surface area contributed by atoms with Gasteiger partial charge in [0, 0.05) is 0 Å². The molecular formula is C9H14O2. The Hall–Kier alpha value is -0.530. The molecule has 2 aliphatic carbocycles. The van der Waals surface area contributed by atoms with E-state index in [4.69, 9.17) is 5.11 Å². The van der Waals surface area contributed by atoms with Crippen molar-refractivity contribution in [1.82, 2.24) is 0 Å². The van der Waals surface area contributed by atoms with E-state index < -0.39 is 5.97 Å². The van der Waals surface area contributed by atoms with E-state index in [-0.39, 0.29) is 5.92 Å². The standard InChI is InChI=1S/C9H14O2/c1-5(9(10)11)6-2-7-4-8(7)3-6/h5-8H,2-4H2,1H3,(H,10,11)/t5-,6?,7?,8?/m0/s1. The molecule has 0 heterocycles. The molecule has 0 aromatic heterocycles. The van der Waals surface area contributed by atoms with Crippen molar-refractivity contribution in [2.24, 2.45) is 23.7 Å². The van der Waals surface area contributed by atoms with Crippen molar-refractivity contribution < 1.29 is 9.90 Å². The maximum Gasteiger partial charge on any atom is 0.306 e. The van der Waals surface area contributed by atoms with Gasteiger partial charge < -0.3 is 5.11 Å². The molecule has 2 rings (SSSR count). The molecule has 62 valence electrons. The molecule has 0 spiro atoms. The van der Waals surface area contributed by atoms with E-state index in [2.05, 4.69) is 0 Å². The van der Waals surface area contributed by atoms with Crippen LogP contribution in [0.3, 0.4) is 0 Å². The van der Waals surface area contributed by atoms with Crippen LogP contribution in [0.1, 0.15) is 26.2 Å². The van der Waals surface area contributed by atoms with Crippen LogP contribution in [0.25, 0.3) is 0 Å². The number of carboxylic acid groups (broad SMARTS) is 1. The highest BCUT2D eigenvalue weighted by Gasteiger charge is 2.48. The van der Waals surface area contributed by atoms with E-state index in [9.17, 15) is 4.79 Å². The minimum atomic E-state index is -0.615. The van der Waals surface area contributed by atoms with Gasteiger partial charge in [-0.05, 0) is 37.0 Å². The summed E-state index contributed by atoms with van der Waals surface area (Å²) < 4.78 is 0. The molecule has 2 nitrogen and oxygen atoms in total. The molecule has 0 aromatic carbocycles. The molecule has 0 bridgehead atoms. The number of rotatable bonds is 2. The largest absolute Gasteiger partial charge is 0.481 e. The van der Waals surface area contributed by atoms with Gasteiger partial charge in [-0.2, -0.15) is 0 Å². The second-order valence-electron chi connectivity index (χ2n) is 4.11. The van der Waals surface area contributed by atoms with E-state index >= 15 is 0 Å². The predicted molar refractivity (Wildman–Crippen MR) is 41.1 cm³/mol. The van der Waals surface area contributed by atoms with Crippen LogP contribution in [0.5, 0.6) is 0 Å². The minimum Gasteiger partial charge on any atom is -0.481 e. The highest BCUT2D eigenvalue weighted by atomic mass is 16.4. The van der Waals surface area contributed by atoms with E-state index in [1.807, 2.05) is 6.92 Å². The van der Waals surface area contributed by atoms with Gasteiger partial charge in [-0.1, -0.05) is 6.92 Å². The summed E-state index contributed by atoms with van der Waals surface area (Å²) in [5.74, 6) is 1.57. The van der Waals surface area contributed by atoms with Gasteiger partial charge in [0.05, 0.1) is 5.92 Å². The predicted octanol–water partition coefficient (Wildman–Crippen LogP) is 1.75. The quantitative estimate of drug-likeness (QED) is 0.658. The molecule has 2 saturated carbocycles. The molecule has 2 aliphatic rings. The Labute approximate surface area is 66.6 Å². The average Bonchev–Trinajstić information content (AvgIpc) is 2.57. The van der Waals surface area contributed by atoms with Gasteiger partial charge in [-0.25, -0.2) is 0 Å². The molecule has 0 amide bonds. The lowest BCUT2D eigenvalue weighted by atomic mass is 9.90. The van der Waals surface area contributed by atoms with Crippen molar-refractivity contribution in [2.45, 2.75) is 26.2 Å². The lowest BCUT2D eigenvalue weighted by Gasteiger charge is -2.15. The van der Waals surface area contributed by atoms with Gasteiger partial charge in [0.2, 0.25) is 0 Å². The topological polar surface area (TPSA) is 37.3 Å². The molecule has 1 N–H and O–H groups in total. The van der Waals surface area contributed by atoms with Crippen LogP contribution in [0, 0.1) is 23.7 Å². The summed E-state index contributed by atoms with van der Waals surface area (Å²) >= 11 is 0. The number of hydrogen-bond acceptors (Lipinski definition) is 1. The first-order chi connectivity index (χ1) is 5.18. The Morgan fingerprint density at radius 1 is 1.36 bits per heavy atom. The van der Waals surface area contributed by atoms with Crippen molar-refractivity contribution in [3.63, 3.8) is 0 Å². The third-order valence-corrected chi connectivity index (χ3v) is 3.38. The highest BCUT2D eigenvalue weighted by Crippen LogP contribution is 2.56. The summed E-state index contributed by atoms with van der Waals surface area (Å²) in [7, 11) is 0. The second-order valence-corrected chi connectivity index (χ2v) is 4.11. The highest BCUT2D eigenvalue weighted by molar-refractivity contribution is 5.69. The lowest BCUT2D eigenvalue weighted by molar-refractivity contribution is -0.143. The fourth-order valence-corrected chi connectivity index (χ4v) is 2.37. The van der Waals surface area contributed by atoms with Gasteiger partial charge in [0.1, 0.15) is 0 Å². The van der Waals surface area contributed by atoms with Crippen LogP contribution >= 0.6 is 0 Å².